The lowest BCUT2D eigenvalue weighted by Crippen LogP contribution is -2.44. The van der Waals surface area contributed by atoms with E-state index >= 15 is 0 Å². The molecule has 116 valence electrons. The van der Waals surface area contributed by atoms with Crippen LogP contribution in [-0.4, -0.2) is 31.2 Å². The number of nitrogens with one attached hydrogen (secondary N) is 1. The van der Waals surface area contributed by atoms with E-state index in [-0.39, 0.29) is 19.4 Å². The molecule has 1 aromatic rings. The zero-order chi connectivity index (χ0) is 15.1. The van der Waals surface area contributed by atoms with E-state index in [9.17, 15) is 13.2 Å². The number of rotatable bonds is 4. The SMILES string of the molecule is CSc1cc2c(cc1CNC1(C(F)(F)F)CC1)OCCO2. The molecule has 2 aliphatic rings. The first-order valence-corrected chi connectivity index (χ1v) is 7.96. The first kappa shape index (κ1) is 14.8. The Labute approximate surface area is 125 Å². The molecule has 1 aliphatic carbocycles. The van der Waals surface area contributed by atoms with E-state index in [1.165, 1.54) is 11.8 Å². The van der Waals surface area contributed by atoms with E-state index in [0.717, 1.165) is 10.5 Å². The van der Waals surface area contributed by atoms with E-state index in [1.54, 1.807) is 6.07 Å². The molecule has 1 heterocycles. The summed E-state index contributed by atoms with van der Waals surface area (Å²) in [6.07, 6.45) is -2.00. The summed E-state index contributed by atoms with van der Waals surface area (Å²) in [7, 11) is 0. The van der Waals surface area contributed by atoms with Gasteiger partial charge in [-0.15, -0.1) is 11.8 Å². The van der Waals surface area contributed by atoms with Gasteiger partial charge in [0.15, 0.2) is 11.5 Å². The molecule has 0 aromatic heterocycles. The van der Waals surface area contributed by atoms with E-state index in [1.807, 2.05) is 12.3 Å². The second kappa shape index (κ2) is 5.28. The first-order chi connectivity index (χ1) is 9.95. The monoisotopic (exact) mass is 319 g/mol. The zero-order valence-corrected chi connectivity index (χ0v) is 12.4. The Balaban J connectivity index is 1.79. The molecule has 1 saturated carbocycles. The molecule has 1 aliphatic heterocycles. The average molecular weight is 319 g/mol. The lowest BCUT2D eigenvalue weighted by Gasteiger charge is -2.23. The van der Waals surface area contributed by atoms with Crippen LogP contribution < -0.4 is 14.8 Å². The van der Waals surface area contributed by atoms with Gasteiger partial charge in [0.2, 0.25) is 0 Å². The van der Waals surface area contributed by atoms with Crippen LogP contribution in [0.25, 0.3) is 0 Å². The van der Waals surface area contributed by atoms with Crippen molar-refractivity contribution in [2.75, 3.05) is 19.5 Å². The topological polar surface area (TPSA) is 30.5 Å². The van der Waals surface area contributed by atoms with Gasteiger partial charge < -0.3 is 9.47 Å². The smallest absolute Gasteiger partial charge is 0.406 e. The molecular formula is C14H16F3NO2S. The van der Waals surface area contributed by atoms with Gasteiger partial charge in [0.1, 0.15) is 18.8 Å². The van der Waals surface area contributed by atoms with Crippen molar-refractivity contribution in [1.29, 1.82) is 0 Å². The Morgan fingerprint density at radius 2 is 1.81 bits per heavy atom. The summed E-state index contributed by atoms with van der Waals surface area (Å²) in [4.78, 5) is 0.907. The number of benzene rings is 1. The van der Waals surface area contributed by atoms with Gasteiger partial charge in [-0.2, -0.15) is 13.2 Å². The third kappa shape index (κ3) is 2.81. The van der Waals surface area contributed by atoms with Crippen LogP contribution in [0.15, 0.2) is 17.0 Å². The number of thioether (sulfide) groups is 1. The van der Waals surface area contributed by atoms with E-state index in [0.29, 0.717) is 24.7 Å². The van der Waals surface area contributed by atoms with Gasteiger partial charge in [0, 0.05) is 11.4 Å². The maximum absolute atomic E-state index is 12.9. The fraction of sp³-hybridized carbons (Fsp3) is 0.571. The van der Waals surface area contributed by atoms with Crippen LogP contribution in [0.4, 0.5) is 13.2 Å². The van der Waals surface area contributed by atoms with E-state index < -0.39 is 11.7 Å². The first-order valence-electron chi connectivity index (χ1n) is 6.73. The molecule has 3 nitrogen and oxygen atoms in total. The number of ether oxygens (including phenoxy) is 2. The summed E-state index contributed by atoms with van der Waals surface area (Å²) in [6.45, 7) is 1.13. The van der Waals surface area contributed by atoms with Crippen LogP contribution >= 0.6 is 11.8 Å². The highest BCUT2D eigenvalue weighted by Gasteiger charge is 2.62. The van der Waals surface area contributed by atoms with Crippen LogP contribution in [0.2, 0.25) is 0 Å². The van der Waals surface area contributed by atoms with Crippen molar-refractivity contribution in [2.45, 2.75) is 36.0 Å². The highest BCUT2D eigenvalue weighted by atomic mass is 32.2. The van der Waals surface area contributed by atoms with Gasteiger partial charge in [-0.3, -0.25) is 5.32 Å². The van der Waals surface area contributed by atoms with Crippen molar-refractivity contribution in [2.24, 2.45) is 0 Å². The molecule has 0 radical (unpaired) electrons. The van der Waals surface area contributed by atoms with Gasteiger partial charge in [0.05, 0.1) is 0 Å². The molecule has 1 fully saturated rings. The summed E-state index contributed by atoms with van der Waals surface area (Å²) in [5.41, 5.74) is -0.891. The van der Waals surface area contributed by atoms with Crippen molar-refractivity contribution >= 4 is 11.8 Å². The Morgan fingerprint density at radius 1 is 1.19 bits per heavy atom. The third-order valence-corrected chi connectivity index (χ3v) is 4.67. The summed E-state index contributed by atoms with van der Waals surface area (Å²) in [6, 6.07) is 3.61. The zero-order valence-electron chi connectivity index (χ0n) is 11.5. The normalized spacial score (nSPS) is 19.4. The number of fused-ring (bicyclic) bond motifs is 1. The number of hydrogen-bond donors (Lipinski definition) is 1. The van der Waals surface area contributed by atoms with Crippen molar-refractivity contribution in [3.05, 3.63) is 17.7 Å². The quantitative estimate of drug-likeness (QED) is 0.862. The second-order valence-electron chi connectivity index (χ2n) is 5.24. The number of alkyl halides is 3. The summed E-state index contributed by atoms with van der Waals surface area (Å²) < 4.78 is 49.8. The van der Waals surface area contributed by atoms with Crippen LogP contribution in [0.3, 0.4) is 0 Å². The Morgan fingerprint density at radius 3 is 2.33 bits per heavy atom. The van der Waals surface area contributed by atoms with Crippen LogP contribution in [0.1, 0.15) is 18.4 Å². The van der Waals surface area contributed by atoms with E-state index in [2.05, 4.69) is 5.32 Å². The molecule has 0 atom stereocenters. The standard InChI is InChI=1S/C14H16F3NO2S/c1-21-12-7-11-10(19-4-5-20-11)6-9(12)8-18-13(2-3-13)14(15,16)17/h6-7,18H,2-5,8H2,1H3. The molecule has 0 saturated heterocycles. The summed E-state index contributed by atoms with van der Waals surface area (Å²) in [5.74, 6) is 1.26. The van der Waals surface area contributed by atoms with Crippen LogP contribution in [0, 0.1) is 0 Å². The molecule has 0 spiro atoms. The number of hydrogen-bond acceptors (Lipinski definition) is 4. The maximum atomic E-state index is 12.9. The van der Waals surface area contributed by atoms with Gasteiger partial charge >= 0.3 is 6.18 Å². The van der Waals surface area contributed by atoms with Crippen molar-refractivity contribution in [3.8, 4) is 11.5 Å². The molecular weight excluding hydrogens is 303 g/mol. The Bertz CT molecular complexity index is 544. The molecule has 0 unspecified atom stereocenters. The van der Waals surface area contributed by atoms with Crippen molar-refractivity contribution in [3.63, 3.8) is 0 Å². The van der Waals surface area contributed by atoms with Crippen LogP contribution in [0.5, 0.6) is 11.5 Å². The molecule has 21 heavy (non-hydrogen) atoms. The van der Waals surface area contributed by atoms with Crippen molar-refractivity contribution in [1.82, 2.24) is 5.32 Å². The number of halogens is 3. The summed E-state index contributed by atoms with van der Waals surface area (Å²) in [5, 5.41) is 2.67. The van der Waals surface area contributed by atoms with Gasteiger partial charge in [-0.1, -0.05) is 0 Å². The highest BCUT2D eigenvalue weighted by molar-refractivity contribution is 7.98. The molecule has 1 N–H and O–H groups in total. The second-order valence-corrected chi connectivity index (χ2v) is 6.09. The Kier molecular flexibility index (Phi) is 3.73. The largest absolute Gasteiger partial charge is 0.486 e. The van der Waals surface area contributed by atoms with Crippen molar-refractivity contribution < 1.29 is 22.6 Å². The third-order valence-electron chi connectivity index (χ3n) is 3.86. The summed E-state index contributed by atoms with van der Waals surface area (Å²) >= 11 is 1.49. The lowest BCUT2D eigenvalue weighted by molar-refractivity contribution is -0.166. The fourth-order valence-corrected chi connectivity index (χ4v) is 3.01. The molecule has 0 amide bonds. The molecule has 3 rings (SSSR count). The minimum Gasteiger partial charge on any atom is -0.486 e. The van der Waals surface area contributed by atoms with Gasteiger partial charge in [-0.05, 0) is 36.8 Å². The molecule has 0 bridgehead atoms. The highest BCUT2D eigenvalue weighted by Crippen LogP contribution is 2.49. The lowest BCUT2D eigenvalue weighted by atomic mass is 10.1. The predicted molar refractivity (Wildman–Crippen MR) is 74.1 cm³/mol. The Hall–Kier alpha value is -1.08. The van der Waals surface area contributed by atoms with Gasteiger partial charge in [-0.25, -0.2) is 0 Å². The molecule has 1 aromatic carbocycles. The van der Waals surface area contributed by atoms with E-state index in [4.69, 9.17) is 9.47 Å². The minimum atomic E-state index is -4.19. The van der Waals surface area contributed by atoms with Crippen LogP contribution in [-0.2, 0) is 6.54 Å². The maximum Gasteiger partial charge on any atom is 0.406 e. The van der Waals surface area contributed by atoms with Gasteiger partial charge in [0.25, 0.3) is 0 Å². The molecule has 7 heteroatoms. The fourth-order valence-electron chi connectivity index (χ4n) is 2.39. The predicted octanol–water partition coefficient (Wildman–Crippen LogP) is 3.36. The average Bonchev–Trinajstić information content (AvgIpc) is 3.25. The minimum absolute atomic E-state index is 0.148.